The van der Waals surface area contributed by atoms with Crippen LogP contribution in [0.1, 0.15) is 29.3 Å². The Morgan fingerprint density at radius 1 is 1.50 bits per heavy atom. The molecule has 0 saturated carbocycles. The molecule has 4 nitrogen and oxygen atoms in total. The van der Waals surface area contributed by atoms with E-state index >= 15 is 0 Å². The molecule has 0 aliphatic rings. The maximum Gasteiger partial charge on any atom is 0.256 e. The third kappa shape index (κ3) is 4.08. The molecule has 0 saturated heterocycles. The molecule has 1 amide bonds. The number of nitrogens with zero attached hydrogens (tertiary/aromatic N) is 2. The molecular weight excluding hydrogens is 259 g/mol. The average molecular weight is 274 g/mol. The van der Waals surface area contributed by atoms with Crippen LogP contribution in [0.2, 0.25) is 0 Å². The highest BCUT2D eigenvalue weighted by molar-refractivity contribution is 5.94. The summed E-state index contributed by atoms with van der Waals surface area (Å²) in [4.78, 5) is 13.6. The first-order valence-corrected chi connectivity index (χ1v) is 6.19. The first-order chi connectivity index (χ1) is 9.63. The second-order valence-electron chi connectivity index (χ2n) is 3.95. The molecule has 0 bridgehead atoms. The van der Waals surface area contributed by atoms with Crippen molar-refractivity contribution in [3.05, 3.63) is 35.1 Å². The zero-order chi connectivity index (χ0) is 15.0. The van der Waals surface area contributed by atoms with Gasteiger partial charge in [0.05, 0.1) is 18.1 Å². The Morgan fingerprint density at radius 3 is 2.85 bits per heavy atom. The number of benzene rings is 1. The fourth-order valence-electron chi connectivity index (χ4n) is 1.67. The van der Waals surface area contributed by atoms with Crippen molar-refractivity contribution in [2.75, 3.05) is 19.7 Å². The largest absolute Gasteiger partial charge is 0.384 e. The number of aliphatic hydroxyl groups excluding tert-OH is 1. The summed E-state index contributed by atoms with van der Waals surface area (Å²) in [5, 5.41) is 17.2. The van der Waals surface area contributed by atoms with E-state index in [9.17, 15) is 9.18 Å². The molecule has 20 heavy (non-hydrogen) atoms. The number of carbonyl (C=O) groups is 1. The van der Waals surface area contributed by atoms with Crippen molar-refractivity contribution in [3.8, 4) is 17.9 Å². The molecule has 1 rings (SSSR count). The number of halogens is 1. The highest BCUT2D eigenvalue weighted by Crippen LogP contribution is 2.13. The van der Waals surface area contributed by atoms with E-state index in [4.69, 9.17) is 10.4 Å². The zero-order valence-corrected chi connectivity index (χ0v) is 11.2. The van der Waals surface area contributed by atoms with E-state index in [0.29, 0.717) is 12.1 Å². The van der Waals surface area contributed by atoms with Gasteiger partial charge in [-0.1, -0.05) is 11.8 Å². The number of carbonyl (C=O) groups excluding carboxylic acids is 1. The van der Waals surface area contributed by atoms with Crippen molar-refractivity contribution in [2.45, 2.75) is 13.3 Å². The van der Waals surface area contributed by atoms with Crippen molar-refractivity contribution in [2.24, 2.45) is 0 Å². The van der Waals surface area contributed by atoms with Crippen LogP contribution in [0.4, 0.5) is 4.39 Å². The Labute approximate surface area is 117 Å². The van der Waals surface area contributed by atoms with E-state index in [2.05, 4.69) is 11.8 Å². The lowest BCUT2D eigenvalue weighted by Gasteiger charge is -2.19. The summed E-state index contributed by atoms with van der Waals surface area (Å²) in [7, 11) is 0. The summed E-state index contributed by atoms with van der Waals surface area (Å²) in [5.41, 5.74) is 0.384. The Morgan fingerprint density at radius 2 is 2.25 bits per heavy atom. The first kappa shape index (κ1) is 15.7. The summed E-state index contributed by atoms with van der Waals surface area (Å²) in [6.45, 7) is 2.12. The van der Waals surface area contributed by atoms with Crippen LogP contribution >= 0.6 is 0 Å². The zero-order valence-electron chi connectivity index (χ0n) is 11.2. The minimum absolute atomic E-state index is 0.0745. The third-order valence-electron chi connectivity index (χ3n) is 2.67. The van der Waals surface area contributed by atoms with Gasteiger partial charge in [0, 0.05) is 18.7 Å². The van der Waals surface area contributed by atoms with Gasteiger partial charge in [0.25, 0.3) is 5.91 Å². The van der Waals surface area contributed by atoms with Gasteiger partial charge in [-0.2, -0.15) is 5.26 Å². The highest BCUT2D eigenvalue weighted by Gasteiger charge is 2.18. The van der Waals surface area contributed by atoms with Gasteiger partial charge < -0.3 is 10.0 Å². The topological polar surface area (TPSA) is 64.3 Å². The van der Waals surface area contributed by atoms with Crippen LogP contribution in [-0.2, 0) is 0 Å². The quantitative estimate of drug-likeness (QED) is 0.847. The van der Waals surface area contributed by atoms with Crippen molar-refractivity contribution < 1.29 is 14.3 Å². The second kappa shape index (κ2) is 7.93. The molecular formula is C15H15FN2O2. The van der Waals surface area contributed by atoms with Crippen LogP contribution < -0.4 is 0 Å². The minimum atomic E-state index is -0.625. The van der Waals surface area contributed by atoms with Crippen LogP contribution in [0.15, 0.2) is 18.2 Å². The van der Waals surface area contributed by atoms with E-state index in [1.807, 2.05) is 6.07 Å². The van der Waals surface area contributed by atoms with Crippen LogP contribution in [0, 0.1) is 29.0 Å². The summed E-state index contributed by atoms with van der Waals surface area (Å²) in [6.07, 6.45) is 0.200. The van der Waals surface area contributed by atoms with Crippen molar-refractivity contribution in [1.29, 1.82) is 5.26 Å². The molecule has 104 valence electrons. The van der Waals surface area contributed by atoms with E-state index in [0.717, 1.165) is 0 Å². The summed E-state index contributed by atoms with van der Waals surface area (Å²) >= 11 is 0. The van der Waals surface area contributed by atoms with Crippen LogP contribution in [0.3, 0.4) is 0 Å². The van der Waals surface area contributed by atoms with E-state index in [-0.39, 0.29) is 25.1 Å². The minimum Gasteiger partial charge on any atom is -0.384 e. The fraction of sp³-hybridized carbons (Fsp3) is 0.333. The van der Waals surface area contributed by atoms with Gasteiger partial charge in [0.2, 0.25) is 0 Å². The molecule has 1 aromatic carbocycles. The molecule has 1 aromatic rings. The lowest BCUT2D eigenvalue weighted by Crippen LogP contribution is -2.32. The van der Waals surface area contributed by atoms with E-state index in [1.165, 1.54) is 23.1 Å². The monoisotopic (exact) mass is 274 g/mol. The molecule has 0 aliphatic heterocycles. The van der Waals surface area contributed by atoms with Crippen LogP contribution in [0.25, 0.3) is 0 Å². The lowest BCUT2D eigenvalue weighted by molar-refractivity contribution is 0.0763. The number of hydrogen-bond donors (Lipinski definition) is 1. The Balaban J connectivity index is 3.04. The average Bonchev–Trinajstić information content (AvgIpc) is 2.47. The normalized spacial score (nSPS) is 9.30. The van der Waals surface area contributed by atoms with E-state index < -0.39 is 11.7 Å². The van der Waals surface area contributed by atoms with Crippen LogP contribution in [0.5, 0.6) is 0 Å². The van der Waals surface area contributed by atoms with Gasteiger partial charge in [0.15, 0.2) is 0 Å². The molecule has 0 spiro atoms. The van der Waals surface area contributed by atoms with Gasteiger partial charge in [-0.3, -0.25) is 4.79 Å². The second-order valence-corrected chi connectivity index (χ2v) is 3.95. The van der Waals surface area contributed by atoms with Crippen LogP contribution in [-0.4, -0.2) is 35.6 Å². The van der Waals surface area contributed by atoms with Gasteiger partial charge in [-0.15, -0.1) is 0 Å². The number of aliphatic hydroxyl groups is 1. The maximum atomic E-state index is 13.8. The Bertz CT molecular complexity index is 582. The summed E-state index contributed by atoms with van der Waals surface area (Å²) in [5.74, 6) is 3.98. The fourth-order valence-corrected chi connectivity index (χ4v) is 1.67. The number of amides is 1. The predicted molar refractivity (Wildman–Crippen MR) is 72.2 cm³/mol. The molecule has 0 atom stereocenters. The van der Waals surface area contributed by atoms with E-state index in [1.54, 1.807) is 6.92 Å². The van der Waals surface area contributed by atoms with Gasteiger partial charge >= 0.3 is 0 Å². The predicted octanol–water partition coefficient (Wildman–Crippen LogP) is 1.55. The molecule has 0 unspecified atom stereocenters. The van der Waals surface area contributed by atoms with Crippen molar-refractivity contribution in [3.63, 3.8) is 0 Å². The molecule has 0 heterocycles. The van der Waals surface area contributed by atoms with Gasteiger partial charge in [-0.05, 0) is 25.1 Å². The van der Waals surface area contributed by atoms with Gasteiger partial charge in [-0.25, -0.2) is 4.39 Å². The lowest BCUT2D eigenvalue weighted by atomic mass is 10.1. The van der Waals surface area contributed by atoms with Gasteiger partial charge in [0.1, 0.15) is 12.4 Å². The summed E-state index contributed by atoms with van der Waals surface area (Å²) < 4.78 is 13.8. The number of rotatable bonds is 4. The maximum absolute atomic E-state index is 13.8. The standard InChI is InChI=1S/C15H15FN2O2/c1-2-18(9-4-8-17)15(20)13-11-12(5-3-10-19)6-7-14(13)16/h6-7,11,19H,2,4,9-10H2,1H3. The molecule has 5 heteroatoms. The SMILES string of the molecule is CCN(CCC#N)C(=O)c1cc(C#CCO)ccc1F. The summed E-state index contributed by atoms with van der Waals surface area (Å²) in [6, 6.07) is 5.93. The van der Waals surface area contributed by atoms with Crippen molar-refractivity contribution >= 4 is 5.91 Å². The number of nitriles is 1. The third-order valence-corrected chi connectivity index (χ3v) is 2.67. The molecule has 1 N–H and O–H groups in total. The molecule has 0 radical (unpaired) electrons. The highest BCUT2D eigenvalue weighted by atomic mass is 19.1. The molecule has 0 aromatic heterocycles. The molecule has 0 aliphatic carbocycles. The van der Waals surface area contributed by atoms with Crippen molar-refractivity contribution in [1.82, 2.24) is 4.90 Å². The smallest absolute Gasteiger partial charge is 0.256 e. The first-order valence-electron chi connectivity index (χ1n) is 6.19. The molecule has 0 fully saturated rings. The Kier molecular flexibility index (Phi) is 6.22. The Hall–Kier alpha value is -2.37. The number of hydrogen-bond acceptors (Lipinski definition) is 3.